The van der Waals surface area contributed by atoms with Crippen molar-refractivity contribution >= 4 is 18.5 Å². The standard InChI is InChI=1S/2C10H14N2O5.H3O3PS/c2*1-5-3-12(10(16)11-9(5)15)8-2-6(14)7(4-13)17-8;1-4(2,3)5/h2*3,6-8,13-14H,2,4H2,1H3,(H,11,15,16);(H3,1,2,3,5)/t2*6-,7+,8+;/m00./s1. The van der Waals surface area contributed by atoms with E-state index in [1.807, 2.05) is 0 Å². The summed E-state index contributed by atoms with van der Waals surface area (Å²) in [7, 11) is 0. The lowest BCUT2D eigenvalue weighted by molar-refractivity contribution is -0.0459. The van der Waals surface area contributed by atoms with Crippen LogP contribution in [-0.4, -0.2) is 91.8 Å². The summed E-state index contributed by atoms with van der Waals surface area (Å²) in [6.07, 6.45) is -1.16. The van der Waals surface area contributed by atoms with Crippen molar-refractivity contribution in [1.82, 2.24) is 19.1 Å². The molecule has 2 aliphatic heterocycles. The lowest BCUT2D eigenvalue weighted by atomic mass is 10.2. The van der Waals surface area contributed by atoms with E-state index in [1.165, 1.54) is 21.5 Å². The van der Waals surface area contributed by atoms with Gasteiger partial charge >= 0.3 is 18.1 Å². The largest absolute Gasteiger partial charge is 0.394 e. The topological polar surface area (TPSA) is 270 Å². The van der Waals surface area contributed by atoms with E-state index in [0.717, 1.165) is 0 Å². The molecule has 19 heteroatoms. The molecule has 0 amide bonds. The molecular formula is C20H31N4O13PS. The second kappa shape index (κ2) is 13.8. The Labute approximate surface area is 224 Å². The number of aromatic nitrogens is 4. The van der Waals surface area contributed by atoms with Gasteiger partial charge in [-0.3, -0.25) is 28.7 Å². The molecule has 2 saturated heterocycles. The number of hydrogen-bond acceptors (Lipinski definition) is 11. The zero-order chi connectivity index (χ0) is 29.7. The molecule has 6 atom stereocenters. The fraction of sp³-hybridized carbons (Fsp3) is 0.600. The Hall–Kier alpha value is -2.35. The normalized spacial score (nSPS) is 26.4. The second-order valence-corrected chi connectivity index (χ2v) is 11.2. The third-order valence-corrected chi connectivity index (χ3v) is 5.68. The summed E-state index contributed by atoms with van der Waals surface area (Å²) < 4.78 is 13.1. The van der Waals surface area contributed by atoms with Crippen LogP contribution in [0, 0.1) is 13.8 Å². The van der Waals surface area contributed by atoms with Gasteiger partial charge in [0, 0.05) is 36.4 Å². The zero-order valence-electron chi connectivity index (χ0n) is 20.8. The highest BCUT2D eigenvalue weighted by Crippen LogP contribution is 2.28. The molecule has 2 aromatic rings. The predicted molar refractivity (Wildman–Crippen MR) is 136 cm³/mol. The average molecular weight is 599 g/mol. The molecule has 2 aromatic heterocycles. The van der Waals surface area contributed by atoms with E-state index in [4.69, 9.17) is 34.4 Å². The van der Waals surface area contributed by atoms with Crippen molar-refractivity contribution in [3.05, 3.63) is 65.2 Å². The first-order valence-corrected chi connectivity index (χ1v) is 14.0. The van der Waals surface area contributed by atoms with Crippen LogP contribution in [0.4, 0.5) is 0 Å². The number of aromatic amines is 2. The van der Waals surface area contributed by atoms with Crippen molar-refractivity contribution in [3.8, 4) is 0 Å². The zero-order valence-corrected chi connectivity index (χ0v) is 22.5. The van der Waals surface area contributed by atoms with Gasteiger partial charge in [0.2, 0.25) is 0 Å². The molecule has 0 radical (unpaired) electrons. The maximum absolute atomic E-state index is 11.6. The molecule has 0 spiro atoms. The Kier molecular flexibility index (Phi) is 11.6. The van der Waals surface area contributed by atoms with Gasteiger partial charge in [-0.15, -0.1) is 0 Å². The first-order chi connectivity index (χ1) is 18.0. The minimum Gasteiger partial charge on any atom is -0.394 e. The van der Waals surface area contributed by atoms with Gasteiger partial charge < -0.3 is 44.6 Å². The van der Waals surface area contributed by atoms with E-state index in [1.54, 1.807) is 13.8 Å². The second-order valence-electron chi connectivity index (χ2n) is 8.70. The van der Waals surface area contributed by atoms with Crippen molar-refractivity contribution in [2.75, 3.05) is 13.2 Å². The third-order valence-electron chi connectivity index (χ3n) is 5.68. The highest BCUT2D eigenvalue weighted by atomic mass is 32.5. The van der Waals surface area contributed by atoms with Crippen molar-refractivity contribution in [1.29, 1.82) is 0 Å². The van der Waals surface area contributed by atoms with Gasteiger partial charge in [-0.05, 0) is 25.7 Å². The van der Waals surface area contributed by atoms with Crippen molar-refractivity contribution < 1.29 is 44.6 Å². The highest BCUT2D eigenvalue weighted by Gasteiger charge is 2.36. The number of ether oxygens (including phenoxy) is 2. The monoisotopic (exact) mass is 598 g/mol. The minimum absolute atomic E-state index is 0.205. The molecule has 0 bridgehead atoms. The van der Waals surface area contributed by atoms with E-state index >= 15 is 0 Å². The molecule has 2 aliphatic rings. The van der Waals surface area contributed by atoms with Crippen LogP contribution in [0.2, 0.25) is 0 Å². The van der Waals surface area contributed by atoms with Gasteiger partial charge in [0.25, 0.3) is 11.1 Å². The van der Waals surface area contributed by atoms with Crippen molar-refractivity contribution in [2.45, 2.75) is 63.6 Å². The molecule has 220 valence electrons. The Morgan fingerprint density at radius 1 is 0.821 bits per heavy atom. The lowest BCUT2D eigenvalue weighted by Crippen LogP contribution is -2.33. The van der Waals surface area contributed by atoms with Crippen LogP contribution in [-0.2, 0) is 21.3 Å². The Balaban J connectivity index is 0.000000234. The number of hydrogen-bond donors (Lipinski definition) is 9. The fourth-order valence-corrected chi connectivity index (χ4v) is 3.70. The maximum atomic E-state index is 11.6. The maximum Gasteiger partial charge on any atom is 0.330 e. The highest BCUT2D eigenvalue weighted by molar-refractivity contribution is 8.06. The first-order valence-electron chi connectivity index (χ1n) is 11.4. The molecule has 2 fully saturated rings. The van der Waals surface area contributed by atoms with Crippen LogP contribution in [0.15, 0.2) is 31.6 Å². The van der Waals surface area contributed by atoms with Crippen LogP contribution in [0.5, 0.6) is 0 Å². The minimum atomic E-state index is -3.81. The summed E-state index contributed by atoms with van der Waals surface area (Å²) in [5.41, 5.74) is -1.29. The van der Waals surface area contributed by atoms with Crippen LogP contribution < -0.4 is 22.5 Å². The predicted octanol–water partition coefficient (Wildman–Crippen LogP) is -3.84. The van der Waals surface area contributed by atoms with Gasteiger partial charge in [-0.1, -0.05) is 0 Å². The molecule has 4 heterocycles. The van der Waals surface area contributed by atoms with Gasteiger partial charge in [0.1, 0.15) is 24.7 Å². The molecule has 0 aromatic carbocycles. The average Bonchev–Trinajstić information content (AvgIpc) is 3.39. The molecular weight excluding hydrogens is 567 g/mol. The van der Waals surface area contributed by atoms with E-state index in [9.17, 15) is 29.4 Å². The molecule has 39 heavy (non-hydrogen) atoms. The van der Waals surface area contributed by atoms with E-state index in [0.29, 0.717) is 11.1 Å². The van der Waals surface area contributed by atoms with Crippen molar-refractivity contribution in [3.63, 3.8) is 0 Å². The number of H-pyrrole nitrogens is 2. The van der Waals surface area contributed by atoms with E-state index in [-0.39, 0.29) is 26.1 Å². The number of nitrogens with one attached hydrogen (secondary N) is 2. The van der Waals surface area contributed by atoms with Crippen molar-refractivity contribution in [2.24, 2.45) is 0 Å². The smallest absolute Gasteiger partial charge is 0.330 e. The number of aliphatic hydroxyl groups is 4. The molecule has 0 aliphatic carbocycles. The lowest BCUT2D eigenvalue weighted by Gasteiger charge is -2.14. The summed E-state index contributed by atoms with van der Waals surface area (Å²) in [5.74, 6) is 0. The molecule has 9 N–H and O–H groups in total. The molecule has 0 unspecified atom stereocenters. The quantitative estimate of drug-likeness (QED) is 0.153. The number of rotatable bonds is 4. The third kappa shape index (κ3) is 9.37. The number of aliphatic hydroxyl groups excluding tert-OH is 4. The Morgan fingerprint density at radius 2 is 1.13 bits per heavy atom. The number of nitrogens with zero attached hydrogens (tertiary/aromatic N) is 2. The summed E-state index contributed by atoms with van der Waals surface area (Å²) in [5, 5.41) is 37.0. The molecule has 17 nitrogen and oxygen atoms in total. The van der Waals surface area contributed by atoms with Gasteiger partial charge in [0.15, 0.2) is 0 Å². The SMILES string of the molecule is Cc1cn([C@H]2C[C@H](O)[C@@H](CO)O2)c(=O)[nH]c1=O.Cc1cn([C@H]2C[C@H](O)[C@@H](CO)O2)c(=O)[nH]c1=O.OP(O)(O)=S. The molecule has 4 rings (SSSR count). The summed E-state index contributed by atoms with van der Waals surface area (Å²) >= 11 is 3.60. The van der Waals surface area contributed by atoms with E-state index in [2.05, 4.69) is 21.8 Å². The molecule has 0 saturated carbocycles. The summed E-state index contributed by atoms with van der Waals surface area (Å²) in [6.45, 7) is -1.28. The van der Waals surface area contributed by atoms with Gasteiger partial charge in [-0.2, -0.15) is 0 Å². The fourth-order valence-electron chi connectivity index (χ4n) is 3.70. The Morgan fingerprint density at radius 3 is 1.38 bits per heavy atom. The van der Waals surface area contributed by atoms with E-state index < -0.39 is 66.1 Å². The number of aryl methyl sites for hydroxylation is 2. The van der Waals surface area contributed by atoms with Crippen LogP contribution in [0.3, 0.4) is 0 Å². The van der Waals surface area contributed by atoms with Crippen LogP contribution in [0.1, 0.15) is 36.4 Å². The first kappa shape index (κ1) is 32.9. The van der Waals surface area contributed by atoms with Gasteiger partial charge in [-0.25, -0.2) is 9.59 Å². The summed E-state index contributed by atoms with van der Waals surface area (Å²) in [4.78, 5) is 72.5. The Bertz CT molecular complexity index is 1300. The van der Waals surface area contributed by atoms with Crippen LogP contribution in [0.25, 0.3) is 0 Å². The van der Waals surface area contributed by atoms with Crippen LogP contribution >= 0.6 is 6.72 Å². The summed E-state index contributed by atoms with van der Waals surface area (Å²) in [6, 6.07) is 0. The van der Waals surface area contributed by atoms with Gasteiger partial charge in [0.05, 0.1) is 25.4 Å².